The van der Waals surface area contributed by atoms with Gasteiger partial charge in [-0.2, -0.15) is 0 Å². The molecule has 0 fully saturated rings. The van der Waals surface area contributed by atoms with E-state index in [0.29, 0.717) is 17.9 Å². The number of nitrogens with one attached hydrogen (secondary N) is 2. The van der Waals surface area contributed by atoms with Crippen molar-refractivity contribution in [2.24, 2.45) is 0 Å². The van der Waals surface area contributed by atoms with Gasteiger partial charge in [0.05, 0.1) is 33.6 Å². The zero-order valence-corrected chi connectivity index (χ0v) is 16.8. The summed E-state index contributed by atoms with van der Waals surface area (Å²) in [5.41, 5.74) is 0.112. The molecule has 7 nitrogen and oxygen atoms in total. The molecule has 1 unspecified atom stereocenters. The Hall–Kier alpha value is -2.27. The van der Waals surface area contributed by atoms with Crippen molar-refractivity contribution < 1.29 is 22.0 Å². The van der Waals surface area contributed by atoms with E-state index in [4.69, 9.17) is 0 Å². The molecule has 1 amide bonds. The topological polar surface area (TPSA) is 101 Å². The molecule has 1 atom stereocenters. The minimum Gasteiger partial charge on any atom is -0.321 e. The molecule has 0 saturated carbocycles. The molecule has 3 rings (SSSR count). The van der Waals surface area contributed by atoms with E-state index >= 15 is 0 Å². The Balaban J connectivity index is 1.86. The third-order valence-corrected chi connectivity index (χ3v) is 6.90. The van der Waals surface area contributed by atoms with Gasteiger partial charge in [-0.1, -0.05) is 6.92 Å². The Kier molecular flexibility index (Phi) is 5.84. The number of carbonyl (C=O) groups excluding carboxylic acids is 1. The minimum absolute atomic E-state index is 0.208. The summed E-state index contributed by atoms with van der Waals surface area (Å²) >= 11 is 1.40. The average molecular weight is 428 g/mol. The lowest BCUT2D eigenvalue weighted by atomic mass is 10.1. The summed E-state index contributed by atoms with van der Waals surface area (Å²) in [6.07, 6.45) is 1.67. The first kappa shape index (κ1) is 20.5. The van der Waals surface area contributed by atoms with Crippen molar-refractivity contribution in [1.82, 2.24) is 9.97 Å². The molecule has 0 aliphatic carbocycles. The first-order valence-corrected chi connectivity index (χ1v) is 11.1. The molecule has 11 heteroatoms. The van der Waals surface area contributed by atoms with Crippen molar-refractivity contribution >= 4 is 39.1 Å². The van der Waals surface area contributed by atoms with Gasteiger partial charge in [0, 0.05) is 5.75 Å². The molecular weight excluding hydrogens is 410 g/mol. The molecule has 0 radical (unpaired) electrons. The molecule has 1 aliphatic heterocycles. The number of hydrogen-bond donors (Lipinski definition) is 2. The highest BCUT2D eigenvalue weighted by Crippen LogP contribution is 2.40. The third kappa shape index (κ3) is 4.09. The van der Waals surface area contributed by atoms with Crippen LogP contribution in [-0.2, 0) is 14.8 Å². The van der Waals surface area contributed by atoms with Crippen LogP contribution in [-0.4, -0.2) is 35.8 Å². The Morgan fingerprint density at radius 2 is 2.07 bits per heavy atom. The van der Waals surface area contributed by atoms with Gasteiger partial charge in [-0.25, -0.2) is 27.2 Å². The van der Waals surface area contributed by atoms with E-state index in [1.54, 1.807) is 13.8 Å². The number of aromatic nitrogens is 2. The zero-order valence-electron chi connectivity index (χ0n) is 15.1. The molecular formula is C17H18F2N4O3S2. The summed E-state index contributed by atoms with van der Waals surface area (Å²) in [6, 6.07) is 1.87. The SMILES string of the molecule is CCCS(=O)(=O)Nc1ccc(F)c(NC(=O)C2CSc3c(C)ncnc32)c1F. The molecule has 28 heavy (non-hydrogen) atoms. The van der Waals surface area contributed by atoms with E-state index in [-0.39, 0.29) is 5.75 Å². The highest BCUT2D eigenvalue weighted by atomic mass is 32.2. The molecule has 0 saturated heterocycles. The van der Waals surface area contributed by atoms with Crippen LogP contribution in [0.4, 0.5) is 20.2 Å². The minimum atomic E-state index is -3.77. The van der Waals surface area contributed by atoms with Crippen LogP contribution in [0, 0.1) is 18.6 Å². The first-order valence-electron chi connectivity index (χ1n) is 8.47. The second kappa shape index (κ2) is 8.00. The number of nitrogens with zero attached hydrogens (tertiary/aromatic N) is 2. The van der Waals surface area contributed by atoms with Crippen molar-refractivity contribution in [3.05, 3.63) is 41.5 Å². The molecule has 2 N–H and O–H groups in total. The Bertz CT molecular complexity index is 1030. The fraction of sp³-hybridized carbons (Fsp3) is 0.353. The number of hydrogen-bond acceptors (Lipinski definition) is 6. The maximum Gasteiger partial charge on any atom is 0.234 e. The van der Waals surface area contributed by atoms with Crippen LogP contribution in [0.25, 0.3) is 0 Å². The van der Waals surface area contributed by atoms with Crippen LogP contribution in [0.5, 0.6) is 0 Å². The maximum absolute atomic E-state index is 14.7. The molecule has 0 bridgehead atoms. The zero-order chi connectivity index (χ0) is 20.5. The summed E-state index contributed by atoms with van der Waals surface area (Å²) < 4.78 is 54.7. The molecule has 1 aliphatic rings. The number of amides is 1. The van der Waals surface area contributed by atoms with Gasteiger partial charge in [0.1, 0.15) is 17.8 Å². The Morgan fingerprint density at radius 1 is 1.32 bits per heavy atom. The number of rotatable bonds is 6. The predicted octanol–water partition coefficient (Wildman–Crippen LogP) is 3.04. The fourth-order valence-corrected chi connectivity index (χ4v) is 5.18. The lowest BCUT2D eigenvalue weighted by molar-refractivity contribution is -0.117. The number of benzene rings is 1. The fourth-order valence-electron chi connectivity index (χ4n) is 2.80. The van der Waals surface area contributed by atoms with Crippen molar-refractivity contribution in [3.63, 3.8) is 0 Å². The van der Waals surface area contributed by atoms with Gasteiger partial charge in [0.25, 0.3) is 0 Å². The summed E-state index contributed by atoms with van der Waals surface area (Å²) in [5.74, 6) is -3.35. The van der Waals surface area contributed by atoms with Gasteiger partial charge in [-0.15, -0.1) is 11.8 Å². The highest BCUT2D eigenvalue weighted by molar-refractivity contribution is 7.99. The van der Waals surface area contributed by atoms with Crippen molar-refractivity contribution in [2.75, 3.05) is 21.5 Å². The van der Waals surface area contributed by atoms with Gasteiger partial charge in [-0.3, -0.25) is 9.52 Å². The van der Waals surface area contributed by atoms with Crippen LogP contribution in [0.2, 0.25) is 0 Å². The third-order valence-electron chi connectivity index (χ3n) is 4.13. The molecule has 0 spiro atoms. The number of aryl methyl sites for hydroxylation is 1. The number of fused-ring (bicyclic) bond motifs is 1. The van der Waals surface area contributed by atoms with Crippen molar-refractivity contribution in [2.45, 2.75) is 31.1 Å². The van der Waals surface area contributed by atoms with E-state index < -0.39 is 44.9 Å². The lowest BCUT2D eigenvalue weighted by Crippen LogP contribution is -2.24. The summed E-state index contributed by atoms with van der Waals surface area (Å²) in [4.78, 5) is 21.6. The standard InChI is InChI=1S/C17H18F2N4O3S2/c1-3-6-28(25,26)23-12-5-4-11(18)15(13(12)19)22-17(24)10-7-27-16-9(2)20-8-21-14(10)16/h4-5,8,10,23H,3,6-7H2,1-2H3,(H,22,24). The lowest BCUT2D eigenvalue weighted by Gasteiger charge is -2.15. The van der Waals surface area contributed by atoms with E-state index in [0.717, 1.165) is 22.7 Å². The van der Waals surface area contributed by atoms with Gasteiger partial charge in [0.2, 0.25) is 15.9 Å². The normalized spacial score (nSPS) is 15.9. The molecule has 1 aromatic carbocycles. The smallest absolute Gasteiger partial charge is 0.234 e. The number of anilines is 2. The summed E-state index contributed by atoms with van der Waals surface area (Å²) in [7, 11) is -3.77. The summed E-state index contributed by atoms with van der Waals surface area (Å²) in [6.45, 7) is 3.45. The predicted molar refractivity (Wildman–Crippen MR) is 103 cm³/mol. The summed E-state index contributed by atoms with van der Waals surface area (Å²) in [5, 5.41) is 2.24. The van der Waals surface area contributed by atoms with Crippen LogP contribution >= 0.6 is 11.8 Å². The number of carbonyl (C=O) groups is 1. The molecule has 2 aromatic rings. The maximum atomic E-state index is 14.7. The Morgan fingerprint density at radius 3 is 2.79 bits per heavy atom. The molecule has 1 aromatic heterocycles. The first-order chi connectivity index (χ1) is 13.2. The van der Waals surface area contributed by atoms with E-state index in [9.17, 15) is 22.0 Å². The molecule has 150 valence electrons. The number of halogens is 2. The average Bonchev–Trinajstić information content (AvgIpc) is 3.06. The van der Waals surface area contributed by atoms with Crippen molar-refractivity contribution in [3.8, 4) is 0 Å². The van der Waals surface area contributed by atoms with Gasteiger partial charge < -0.3 is 5.32 Å². The Labute approximate surface area is 165 Å². The van der Waals surface area contributed by atoms with Crippen LogP contribution < -0.4 is 10.0 Å². The second-order valence-electron chi connectivity index (χ2n) is 6.23. The van der Waals surface area contributed by atoms with E-state index in [1.165, 1.54) is 18.1 Å². The van der Waals surface area contributed by atoms with Crippen LogP contribution in [0.1, 0.15) is 30.7 Å². The van der Waals surface area contributed by atoms with Crippen LogP contribution in [0.3, 0.4) is 0 Å². The van der Waals surface area contributed by atoms with Crippen molar-refractivity contribution in [1.29, 1.82) is 0 Å². The van der Waals surface area contributed by atoms with Gasteiger partial charge in [0.15, 0.2) is 5.82 Å². The largest absolute Gasteiger partial charge is 0.321 e. The monoisotopic (exact) mass is 428 g/mol. The highest BCUT2D eigenvalue weighted by Gasteiger charge is 2.33. The van der Waals surface area contributed by atoms with Gasteiger partial charge >= 0.3 is 0 Å². The number of thioether (sulfide) groups is 1. The van der Waals surface area contributed by atoms with Crippen LogP contribution in [0.15, 0.2) is 23.4 Å². The quantitative estimate of drug-likeness (QED) is 0.733. The van der Waals surface area contributed by atoms with Gasteiger partial charge in [-0.05, 0) is 25.5 Å². The number of sulfonamides is 1. The molecule has 2 heterocycles. The second-order valence-corrected chi connectivity index (χ2v) is 9.10. The van der Waals surface area contributed by atoms with E-state index in [1.807, 2.05) is 0 Å². The van der Waals surface area contributed by atoms with E-state index in [2.05, 4.69) is 20.0 Å².